The van der Waals surface area contributed by atoms with Crippen LogP contribution < -0.4 is 5.73 Å². The summed E-state index contributed by atoms with van der Waals surface area (Å²) in [6.07, 6.45) is 1.25. The second-order valence-electron chi connectivity index (χ2n) is 4.34. The largest absolute Gasteiger partial charge is 0.464 e. The first kappa shape index (κ1) is 15.2. The smallest absolute Gasteiger partial charge is 0.357 e. The van der Waals surface area contributed by atoms with E-state index in [0.717, 1.165) is 0 Å². The second kappa shape index (κ2) is 6.06. The molecule has 2 rings (SSSR count). The standard InChI is InChI=1S/C16H12FN3O2/c1-3-11-13(19)12(17)14(20-15(11)16(21)22-2)10-6-4-9(8-18)5-7-10/h3-7H,1H2,2H3,(H2,19,20). The molecule has 22 heavy (non-hydrogen) atoms. The van der Waals surface area contributed by atoms with E-state index in [1.165, 1.54) is 37.5 Å². The van der Waals surface area contributed by atoms with Crippen LogP contribution in [0.2, 0.25) is 0 Å². The van der Waals surface area contributed by atoms with E-state index in [0.29, 0.717) is 11.1 Å². The fourth-order valence-corrected chi connectivity index (χ4v) is 1.95. The number of hydrogen-bond donors (Lipinski definition) is 1. The maximum Gasteiger partial charge on any atom is 0.357 e. The van der Waals surface area contributed by atoms with Crippen LogP contribution in [0.4, 0.5) is 10.1 Å². The highest BCUT2D eigenvalue weighted by Gasteiger charge is 2.22. The molecule has 0 bridgehead atoms. The van der Waals surface area contributed by atoms with Crippen molar-refractivity contribution in [3.63, 3.8) is 0 Å². The SMILES string of the molecule is C=Cc1c(C(=O)OC)nc(-c2ccc(C#N)cc2)c(F)c1N. The molecule has 6 heteroatoms. The lowest BCUT2D eigenvalue weighted by molar-refractivity contribution is 0.0594. The third-order valence-corrected chi connectivity index (χ3v) is 3.08. The van der Waals surface area contributed by atoms with Gasteiger partial charge < -0.3 is 10.5 Å². The van der Waals surface area contributed by atoms with Crippen LogP contribution in [0, 0.1) is 17.1 Å². The Morgan fingerprint density at radius 2 is 2.09 bits per heavy atom. The number of hydrogen-bond acceptors (Lipinski definition) is 5. The molecule has 0 fully saturated rings. The van der Waals surface area contributed by atoms with Gasteiger partial charge in [-0.25, -0.2) is 14.2 Å². The zero-order valence-corrected chi connectivity index (χ0v) is 11.8. The highest BCUT2D eigenvalue weighted by atomic mass is 19.1. The Kier molecular flexibility index (Phi) is 4.18. The Morgan fingerprint density at radius 3 is 2.59 bits per heavy atom. The van der Waals surface area contributed by atoms with Gasteiger partial charge in [-0.1, -0.05) is 24.8 Å². The number of aromatic nitrogens is 1. The van der Waals surface area contributed by atoms with Gasteiger partial charge in [0.25, 0.3) is 0 Å². The lowest BCUT2D eigenvalue weighted by Crippen LogP contribution is -2.12. The van der Waals surface area contributed by atoms with E-state index in [1.54, 1.807) is 0 Å². The first-order valence-electron chi connectivity index (χ1n) is 6.23. The third-order valence-electron chi connectivity index (χ3n) is 3.08. The molecule has 0 aliphatic heterocycles. The van der Waals surface area contributed by atoms with Gasteiger partial charge in [-0.05, 0) is 12.1 Å². The number of methoxy groups -OCH3 is 1. The van der Waals surface area contributed by atoms with Crippen molar-refractivity contribution in [3.8, 4) is 17.3 Å². The Bertz CT molecular complexity index is 793. The summed E-state index contributed by atoms with van der Waals surface area (Å²) < 4.78 is 19.0. The molecule has 0 amide bonds. The number of nitrogens with two attached hydrogens (primary N) is 1. The minimum absolute atomic E-state index is 0.0849. The first-order valence-corrected chi connectivity index (χ1v) is 6.23. The number of pyridine rings is 1. The number of nitrogens with zero attached hydrogens (tertiary/aromatic N) is 2. The number of rotatable bonds is 3. The van der Waals surface area contributed by atoms with Gasteiger partial charge in [0.05, 0.1) is 24.4 Å². The van der Waals surface area contributed by atoms with Crippen molar-refractivity contribution >= 4 is 17.7 Å². The Labute approximate surface area is 126 Å². The number of nitriles is 1. The van der Waals surface area contributed by atoms with Crippen LogP contribution in [-0.4, -0.2) is 18.1 Å². The molecular weight excluding hydrogens is 285 g/mol. The van der Waals surface area contributed by atoms with Gasteiger partial charge >= 0.3 is 5.97 Å². The molecule has 0 aliphatic rings. The van der Waals surface area contributed by atoms with E-state index in [1.807, 2.05) is 6.07 Å². The lowest BCUT2D eigenvalue weighted by atomic mass is 10.0. The average Bonchev–Trinajstić information content (AvgIpc) is 2.56. The predicted octanol–water partition coefficient (Wildman–Crippen LogP) is 2.77. The predicted molar refractivity (Wildman–Crippen MR) is 80.2 cm³/mol. The van der Waals surface area contributed by atoms with E-state index in [4.69, 9.17) is 11.0 Å². The zero-order valence-electron chi connectivity index (χ0n) is 11.8. The van der Waals surface area contributed by atoms with Gasteiger partial charge in [0.15, 0.2) is 11.5 Å². The maximum atomic E-state index is 14.4. The molecule has 110 valence electrons. The van der Waals surface area contributed by atoms with Crippen molar-refractivity contribution < 1.29 is 13.9 Å². The topological polar surface area (TPSA) is 89.0 Å². The van der Waals surface area contributed by atoms with Crippen molar-refractivity contribution in [1.82, 2.24) is 4.98 Å². The van der Waals surface area contributed by atoms with E-state index < -0.39 is 11.8 Å². The summed E-state index contributed by atoms with van der Waals surface area (Å²) in [6, 6.07) is 8.05. The van der Waals surface area contributed by atoms with Crippen molar-refractivity contribution in [2.75, 3.05) is 12.8 Å². The Balaban J connectivity index is 2.70. The monoisotopic (exact) mass is 297 g/mol. The van der Waals surface area contributed by atoms with E-state index in [9.17, 15) is 9.18 Å². The van der Waals surface area contributed by atoms with E-state index >= 15 is 0 Å². The molecule has 1 aromatic heterocycles. The molecule has 0 saturated heterocycles. The number of benzene rings is 1. The molecular formula is C16H12FN3O2. The number of ether oxygens (including phenoxy) is 1. The molecule has 1 heterocycles. The van der Waals surface area contributed by atoms with Crippen LogP contribution in [0.15, 0.2) is 30.8 Å². The molecule has 5 nitrogen and oxygen atoms in total. The van der Waals surface area contributed by atoms with Crippen molar-refractivity contribution in [3.05, 3.63) is 53.5 Å². The fourth-order valence-electron chi connectivity index (χ4n) is 1.95. The summed E-state index contributed by atoms with van der Waals surface area (Å²) in [4.78, 5) is 15.8. The van der Waals surface area contributed by atoms with Crippen LogP contribution in [0.25, 0.3) is 17.3 Å². The summed E-state index contributed by atoms with van der Waals surface area (Å²) in [5.41, 5.74) is 6.20. The molecule has 1 aromatic carbocycles. The molecule has 2 aromatic rings. The molecule has 0 saturated carbocycles. The summed E-state index contributed by atoms with van der Waals surface area (Å²) in [7, 11) is 1.19. The van der Waals surface area contributed by atoms with Crippen LogP contribution in [-0.2, 0) is 4.74 Å². The normalized spacial score (nSPS) is 9.86. The van der Waals surface area contributed by atoms with E-state index in [-0.39, 0.29) is 22.6 Å². The Morgan fingerprint density at radius 1 is 1.45 bits per heavy atom. The van der Waals surface area contributed by atoms with Crippen molar-refractivity contribution in [1.29, 1.82) is 5.26 Å². The zero-order chi connectivity index (χ0) is 16.3. The van der Waals surface area contributed by atoms with Gasteiger partial charge in [-0.15, -0.1) is 0 Å². The summed E-state index contributed by atoms with van der Waals surface area (Å²) >= 11 is 0. The quantitative estimate of drug-likeness (QED) is 0.880. The van der Waals surface area contributed by atoms with Crippen LogP contribution >= 0.6 is 0 Å². The molecule has 2 N–H and O–H groups in total. The number of esters is 1. The molecule has 0 radical (unpaired) electrons. The molecule has 0 spiro atoms. The van der Waals surface area contributed by atoms with Gasteiger partial charge in [0, 0.05) is 11.1 Å². The number of halogens is 1. The maximum absolute atomic E-state index is 14.4. The first-order chi connectivity index (χ1) is 10.5. The third kappa shape index (κ3) is 2.52. The average molecular weight is 297 g/mol. The van der Waals surface area contributed by atoms with Crippen molar-refractivity contribution in [2.45, 2.75) is 0 Å². The van der Waals surface area contributed by atoms with Crippen molar-refractivity contribution in [2.24, 2.45) is 0 Å². The lowest BCUT2D eigenvalue weighted by Gasteiger charge is -2.12. The molecule has 0 unspecified atom stereocenters. The highest BCUT2D eigenvalue weighted by molar-refractivity contribution is 5.95. The molecule has 0 atom stereocenters. The summed E-state index contributed by atoms with van der Waals surface area (Å²) in [5.74, 6) is -1.50. The van der Waals surface area contributed by atoms with Crippen LogP contribution in [0.1, 0.15) is 21.6 Å². The minimum Gasteiger partial charge on any atom is -0.464 e. The van der Waals surface area contributed by atoms with Crippen LogP contribution in [0.5, 0.6) is 0 Å². The van der Waals surface area contributed by atoms with Crippen LogP contribution in [0.3, 0.4) is 0 Å². The number of nitrogen functional groups attached to an aromatic ring is 1. The second-order valence-corrected chi connectivity index (χ2v) is 4.34. The molecule has 0 aliphatic carbocycles. The summed E-state index contributed by atoms with van der Waals surface area (Å²) in [5, 5.41) is 8.78. The highest BCUT2D eigenvalue weighted by Crippen LogP contribution is 2.30. The number of anilines is 1. The summed E-state index contributed by atoms with van der Waals surface area (Å²) in [6.45, 7) is 3.50. The van der Waals surface area contributed by atoms with E-state index in [2.05, 4.69) is 16.3 Å². The van der Waals surface area contributed by atoms with Gasteiger partial charge in [0.1, 0.15) is 5.69 Å². The van der Waals surface area contributed by atoms with Gasteiger partial charge in [-0.2, -0.15) is 5.26 Å². The van der Waals surface area contributed by atoms with Gasteiger partial charge in [0.2, 0.25) is 0 Å². The number of carbonyl (C=O) groups excluding carboxylic acids is 1. The fraction of sp³-hybridized carbons (Fsp3) is 0.0625. The minimum atomic E-state index is -0.757. The Hall–Kier alpha value is -3.20. The van der Waals surface area contributed by atoms with Gasteiger partial charge in [-0.3, -0.25) is 0 Å². The number of carbonyl (C=O) groups is 1.